The molecular formula is C71H128N4O45. The predicted molar refractivity (Wildman–Crippen MR) is 390 cm³/mol. The largest absolute Gasteiger partial charge is 0.394 e. The number of aliphatic hydroxyl groups excluding tert-OH is 24. The van der Waals surface area contributed by atoms with Gasteiger partial charge in [0.15, 0.2) is 50.3 Å². The summed E-state index contributed by atoms with van der Waals surface area (Å²) in [6.45, 7) is 9.83. The molecule has 0 radical (unpaired) electrons. The maximum Gasteiger partial charge on any atom is 0.217 e. The van der Waals surface area contributed by atoms with Crippen LogP contribution >= 0.6 is 0 Å². The highest BCUT2D eigenvalue weighted by Crippen LogP contribution is 2.40. The average molecular weight is 1760 g/mol. The number of carbonyl (C=O) groups excluding carboxylic acids is 4. The molecule has 0 aromatic heterocycles. The molecule has 0 aromatic carbocycles. The molecule has 9 heterocycles. The Balaban J connectivity index is 0.00000364. The normalized spacial score (nSPS) is 46.1. The number of rotatable bonds is 30. The molecule has 0 saturated carbocycles. The van der Waals surface area contributed by atoms with E-state index in [1.807, 2.05) is 41.5 Å². The standard InChI is InChI=1S/C65H110N4O45.3C2H6/c1-16(2)50-30(66-17(3)78)39(87)51(25(11-74)99-50)108-58-31(67-18(4)79)40(88)54(28(14-77)104-58)111-63-49(97)55(112-65-57(46(94)37(85)24(10-73)103-65)114-60-33(69-20(6)81)42(90)53(27(13-76)106-60)110-62-48(96)44(92)35(83)22(8-71)101-62)38(86)29(107-63)15-98-64-56(45(93)36(84)23(9-72)102-64)113-59-32(68-19(5)80)41(89)52(26(12-75)105-59)109-61-47(95)43(91)34(82)21(7-70)100-61;3*1-2/h16,21-65,70-77,82-97H,7-15H2,1-6H3,(H,66,78)(H,67,79)(H,68,80)(H,69,81);3*1-2H3. The van der Waals surface area contributed by atoms with Gasteiger partial charge in [0.05, 0.1) is 71.6 Å². The second-order valence-electron chi connectivity index (χ2n) is 29.5. The predicted octanol–water partition coefficient (Wildman–Crippen LogP) is -15.3. The molecule has 45 atom stereocenters. The van der Waals surface area contributed by atoms with Gasteiger partial charge in [0.25, 0.3) is 0 Å². The summed E-state index contributed by atoms with van der Waals surface area (Å²) in [7, 11) is 0. The van der Waals surface area contributed by atoms with Gasteiger partial charge in [0.1, 0.15) is 213 Å². The topological polar surface area (TPSA) is 759 Å². The van der Waals surface area contributed by atoms with E-state index < -0.39 is 365 Å². The molecule has 45 unspecified atom stereocenters. The lowest BCUT2D eigenvalue weighted by Crippen LogP contribution is -2.71. The number of ether oxygens (including phenoxy) is 17. The first kappa shape index (κ1) is 105. The number of hydrogen-bond acceptors (Lipinski definition) is 45. The van der Waals surface area contributed by atoms with Gasteiger partial charge in [-0.15, -0.1) is 0 Å². The van der Waals surface area contributed by atoms with Crippen LogP contribution in [0.15, 0.2) is 0 Å². The van der Waals surface area contributed by atoms with Gasteiger partial charge in [-0.25, -0.2) is 0 Å². The van der Waals surface area contributed by atoms with Gasteiger partial charge >= 0.3 is 0 Å². The van der Waals surface area contributed by atoms with Crippen LogP contribution in [0.25, 0.3) is 0 Å². The molecular weight excluding hydrogens is 1630 g/mol. The smallest absolute Gasteiger partial charge is 0.217 e. The van der Waals surface area contributed by atoms with Crippen LogP contribution in [0.1, 0.15) is 83.1 Å². The van der Waals surface area contributed by atoms with E-state index >= 15 is 0 Å². The summed E-state index contributed by atoms with van der Waals surface area (Å²) >= 11 is 0. The molecule has 120 heavy (non-hydrogen) atoms. The van der Waals surface area contributed by atoms with Crippen molar-refractivity contribution in [3.8, 4) is 0 Å². The summed E-state index contributed by atoms with van der Waals surface area (Å²) in [5, 5.41) is 278. The molecule has 0 aromatic rings. The average Bonchev–Trinajstić information content (AvgIpc) is 0.780. The van der Waals surface area contributed by atoms with Gasteiger partial charge in [-0.1, -0.05) is 55.4 Å². The molecule has 28 N–H and O–H groups in total. The maximum absolute atomic E-state index is 13.1. The number of hydrogen-bond donors (Lipinski definition) is 28. The Labute approximate surface area is 689 Å². The minimum atomic E-state index is -2.55. The van der Waals surface area contributed by atoms with Gasteiger partial charge in [0.2, 0.25) is 23.6 Å². The molecule has 4 amide bonds. The summed E-state index contributed by atoms with van der Waals surface area (Å²) in [6.07, 6.45) is -83.0. The number of amides is 4. The fraction of sp³-hybridized carbons (Fsp3) is 0.944. The highest BCUT2D eigenvalue weighted by Gasteiger charge is 2.61. The Bertz CT molecular complexity index is 3030. The highest BCUT2D eigenvalue weighted by atomic mass is 16.8. The summed E-state index contributed by atoms with van der Waals surface area (Å²) in [6, 6.07) is -6.92. The fourth-order valence-electron chi connectivity index (χ4n) is 15.1. The van der Waals surface area contributed by atoms with Crippen LogP contribution < -0.4 is 21.3 Å². The summed E-state index contributed by atoms with van der Waals surface area (Å²) in [4.78, 5) is 51.4. The molecule has 9 saturated heterocycles. The van der Waals surface area contributed by atoms with Gasteiger partial charge in [-0.3, -0.25) is 19.2 Å². The van der Waals surface area contributed by atoms with E-state index in [9.17, 15) is 142 Å². The highest BCUT2D eigenvalue weighted by molar-refractivity contribution is 5.74. The first-order valence-electron chi connectivity index (χ1n) is 39.9. The van der Waals surface area contributed by atoms with Crippen LogP contribution in [-0.2, 0) is 99.7 Å². The zero-order chi connectivity index (χ0) is 90.1. The van der Waals surface area contributed by atoms with Crippen molar-refractivity contribution in [2.45, 2.75) is 359 Å². The Kier molecular flexibility index (Phi) is 42.4. The maximum atomic E-state index is 13.1. The van der Waals surface area contributed by atoms with E-state index in [2.05, 4.69) is 21.3 Å². The van der Waals surface area contributed by atoms with Crippen molar-refractivity contribution in [1.82, 2.24) is 21.3 Å². The molecule has 9 aliphatic rings. The van der Waals surface area contributed by atoms with E-state index in [0.717, 1.165) is 27.7 Å². The number of carbonyl (C=O) groups is 4. The van der Waals surface area contributed by atoms with Gasteiger partial charge < -0.3 is 224 Å². The van der Waals surface area contributed by atoms with E-state index in [1.54, 1.807) is 13.8 Å². The van der Waals surface area contributed by atoms with E-state index in [-0.39, 0.29) is 0 Å². The second-order valence-corrected chi connectivity index (χ2v) is 29.5. The summed E-state index contributed by atoms with van der Waals surface area (Å²) in [5.41, 5.74) is 0. The Hall–Kier alpha value is -3.76. The Morgan fingerprint density at radius 1 is 0.250 bits per heavy atom. The van der Waals surface area contributed by atoms with Crippen molar-refractivity contribution in [1.29, 1.82) is 0 Å². The summed E-state index contributed by atoms with van der Waals surface area (Å²) in [5.74, 6) is -3.80. The van der Waals surface area contributed by atoms with Gasteiger partial charge in [-0.2, -0.15) is 0 Å². The third-order valence-electron chi connectivity index (χ3n) is 21.1. The third kappa shape index (κ3) is 24.4. The van der Waals surface area contributed by atoms with Crippen molar-refractivity contribution >= 4 is 23.6 Å². The van der Waals surface area contributed by atoms with E-state index in [0.29, 0.717) is 0 Å². The molecule has 49 heteroatoms. The molecule has 702 valence electrons. The molecule has 9 aliphatic heterocycles. The van der Waals surface area contributed by atoms with Crippen molar-refractivity contribution in [3.05, 3.63) is 0 Å². The lowest BCUT2D eigenvalue weighted by Gasteiger charge is -2.51. The van der Waals surface area contributed by atoms with Crippen LogP contribution in [0.2, 0.25) is 0 Å². The summed E-state index contributed by atoms with van der Waals surface area (Å²) < 4.78 is 102. The van der Waals surface area contributed by atoms with E-state index in [4.69, 9.17) is 80.5 Å². The number of nitrogens with one attached hydrogen (secondary N) is 4. The van der Waals surface area contributed by atoms with Crippen LogP contribution in [0.5, 0.6) is 0 Å². The fourth-order valence-corrected chi connectivity index (χ4v) is 15.1. The minimum absolute atomic E-state index is 0.405. The van der Waals surface area contributed by atoms with Gasteiger partial charge in [-0.05, 0) is 5.92 Å². The third-order valence-corrected chi connectivity index (χ3v) is 21.1. The lowest BCUT2D eigenvalue weighted by molar-refractivity contribution is -0.398. The van der Waals surface area contributed by atoms with Crippen molar-refractivity contribution < 1.29 is 222 Å². The Morgan fingerprint density at radius 2 is 0.492 bits per heavy atom. The van der Waals surface area contributed by atoms with Crippen LogP contribution in [0.3, 0.4) is 0 Å². The van der Waals surface area contributed by atoms with Crippen LogP contribution in [0, 0.1) is 5.92 Å². The Morgan fingerprint density at radius 3 is 0.817 bits per heavy atom. The zero-order valence-corrected chi connectivity index (χ0v) is 68.2. The molecule has 9 rings (SSSR count). The first-order valence-corrected chi connectivity index (χ1v) is 39.9. The van der Waals surface area contributed by atoms with Crippen molar-refractivity contribution in [3.63, 3.8) is 0 Å². The van der Waals surface area contributed by atoms with Crippen LogP contribution in [0.4, 0.5) is 0 Å². The molecule has 9 fully saturated rings. The quantitative estimate of drug-likeness (QED) is 0.0318. The van der Waals surface area contributed by atoms with Crippen molar-refractivity contribution in [2.75, 3.05) is 59.5 Å². The lowest BCUT2D eigenvalue weighted by atomic mass is 9.87. The first-order chi connectivity index (χ1) is 56.9. The zero-order valence-electron chi connectivity index (χ0n) is 68.2. The van der Waals surface area contributed by atoms with Crippen LogP contribution in [-0.4, -0.2) is 482 Å². The molecule has 0 spiro atoms. The monoisotopic (exact) mass is 1760 g/mol. The van der Waals surface area contributed by atoms with Crippen molar-refractivity contribution in [2.24, 2.45) is 5.92 Å². The van der Waals surface area contributed by atoms with Gasteiger partial charge in [0, 0.05) is 27.7 Å². The van der Waals surface area contributed by atoms with E-state index in [1.165, 1.54) is 0 Å². The SMILES string of the molecule is CC.CC.CC.CC(=O)NC1C(OC2C(OCC3OC(OC4C(CO)OC(OC5C(CO)OC(C(C)C)C(NC(C)=O)C5O)C(NC(C)=O)C4O)C(O)C(OC4OC(CO)C(O)C(O)C4OC4OC(CO)C(OC5OC(CO)C(O)C(O)C5O)C(O)C4NC(C)=O)C3O)OC(CO)C(O)C2O)OC(CO)C(OC2OC(CO)C(O)C(O)C2O)C1O. The molecule has 49 nitrogen and oxygen atoms in total. The minimum Gasteiger partial charge on any atom is -0.394 e. The number of aliphatic hydroxyl groups is 24. The molecule has 0 aliphatic carbocycles. The second kappa shape index (κ2) is 48.4. The molecule has 0 bridgehead atoms.